The molecular weight excluding hydrogens is 524 g/mol. The molecule has 1 heterocycles. The van der Waals surface area contributed by atoms with Gasteiger partial charge in [0, 0.05) is 31.2 Å². The van der Waals surface area contributed by atoms with Crippen LogP contribution in [0.5, 0.6) is 5.75 Å². The van der Waals surface area contributed by atoms with Crippen LogP contribution in [-0.4, -0.2) is 79.1 Å². The van der Waals surface area contributed by atoms with Gasteiger partial charge in [0.25, 0.3) is 0 Å². The van der Waals surface area contributed by atoms with Crippen molar-refractivity contribution in [3.63, 3.8) is 0 Å². The standard InChI is InChI=1S/C26H36N6O8/c1-3-14(2)22(32-23(36)18(27)8-9-21(34)35)25(38)30-19(11-16-12-28-13-29-16)24(37)31-20(26(39)40)10-15-4-6-17(33)7-5-15/h4-7,12-14,18-20,22,33H,3,8-11,27H2,1-2H3,(H,28,29)(H,30,38)(H,31,37)(H,32,36)(H,34,35)(H,39,40). The maximum atomic E-state index is 13.3. The van der Waals surface area contributed by atoms with E-state index in [1.807, 2.05) is 0 Å². The van der Waals surface area contributed by atoms with Gasteiger partial charge in [-0.15, -0.1) is 0 Å². The maximum absolute atomic E-state index is 13.3. The Hall–Kier alpha value is -4.46. The number of aromatic hydroxyl groups is 1. The molecule has 5 atom stereocenters. The maximum Gasteiger partial charge on any atom is 0.326 e. The quantitative estimate of drug-likeness (QED) is 0.133. The summed E-state index contributed by atoms with van der Waals surface area (Å²) in [4.78, 5) is 68.7. The Morgan fingerprint density at radius 1 is 0.950 bits per heavy atom. The predicted molar refractivity (Wildman–Crippen MR) is 142 cm³/mol. The average molecular weight is 561 g/mol. The lowest BCUT2D eigenvalue weighted by Gasteiger charge is -2.28. The smallest absolute Gasteiger partial charge is 0.326 e. The fourth-order valence-corrected chi connectivity index (χ4v) is 3.80. The first kappa shape index (κ1) is 31.8. The van der Waals surface area contributed by atoms with Crippen LogP contribution in [0.3, 0.4) is 0 Å². The minimum atomic E-state index is -1.34. The molecule has 0 spiro atoms. The number of carbonyl (C=O) groups is 5. The normalized spacial score (nSPS) is 14.7. The van der Waals surface area contributed by atoms with Crippen molar-refractivity contribution in [2.45, 2.75) is 70.1 Å². The van der Waals surface area contributed by atoms with Crippen LogP contribution in [0.1, 0.15) is 44.4 Å². The minimum Gasteiger partial charge on any atom is -0.508 e. The van der Waals surface area contributed by atoms with Gasteiger partial charge in [-0.2, -0.15) is 0 Å². The zero-order valence-corrected chi connectivity index (χ0v) is 22.3. The first-order valence-corrected chi connectivity index (χ1v) is 12.8. The van der Waals surface area contributed by atoms with Gasteiger partial charge in [-0.05, 0) is 30.0 Å². The predicted octanol–water partition coefficient (Wildman–Crippen LogP) is -0.322. The highest BCUT2D eigenvalue weighted by molar-refractivity contribution is 5.94. The van der Waals surface area contributed by atoms with E-state index in [1.165, 1.54) is 36.8 Å². The number of carboxylic acid groups (broad SMARTS) is 2. The summed E-state index contributed by atoms with van der Waals surface area (Å²) in [6.45, 7) is 3.52. The van der Waals surface area contributed by atoms with Gasteiger partial charge in [0.05, 0.1) is 12.4 Å². The van der Waals surface area contributed by atoms with Gasteiger partial charge in [-0.25, -0.2) is 9.78 Å². The lowest BCUT2D eigenvalue weighted by Crippen LogP contribution is -2.59. The second kappa shape index (κ2) is 15.2. The number of aromatic nitrogens is 2. The second-order valence-corrected chi connectivity index (χ2v) is 9.52. The van der Waals surface area contributed by atoms with Gasteiger partial charge < -0.3 is 42.0 Å². The number of phenolic OH excluding ortho intramolecular Hbond substituents is 1. The first-order chi connectivity index (χ1) is 18.9. The lowest BCUT2D eigenvalue weighted by atomic mass is 9.96. The fourth-order valence-electron chi connectivity index (χ4n) is 3.80. The van der Waals surface area contributed by atoms with E-state index in [1.54, 1.807) is 13.8 Å². The molecule has 40 heavy (non-hydrogen) atoms. The molecule has 2 rings (SSSR count). The van der Waals surface area contributed by atoms with Crippen LogP contribution in [0.15, 0.2) is 36.8 Å². The Kier molecular flexibility index (Phi) is 12.1. The zero-order valence-electron chi connectivity index (χ0n) is 22.3. The molecule has 0 aliphatic carbocycles. The van der Waals surface area contributed by atoms with Gasteiger partial charge in [0.1, 0.15) is 23.9 Å². The van der Waals surface area contributed by atoms with Gasteiger partial charge in [-0.3, -0.25) is 19.2 Å². The molecule has 1 aromatic heterocycles. The van der Waals surface area contributed by atoms with E-state index < -0.39 is 53.8 Å². The third-order valence-corrected chi connectivity index (χ3v) is 6.40. The van der Waals surface area contributed by atoms with Crippen LogP contribution in [0.4, 0.5) is 0 Å². The monoisotopic (exact) mass is 560 g/mol. The van der Waals surface area contributed by atoms with Gasteiger partial charge in [0.15, 0.2) is 0 Å². The van der Waals surface area contributed by atoms with Crippen LogP contribution in [0, 0.1) is 5.92 Å². The molecule has 5 unspecified atom stereocenters. The molecule has 3 amide bonds. The number of nitrogens with two attached hydrogens (primary N) is 1. The Morgan fingerprint density at radius 2 is 1.60 bits per heavy atom. The SMILES string of the molecule is CCC(C)C(NC(=O)C(N)CCC(=O)O)C(=O)NC(Cc1cnc[nH]1)C(=O)NC(Cc1ccc(O)cc1)C(=O)O. The van der Waals surface area contributed by atoms with Crippen molar-refractivity contribution in [2.24, 2.45) is 11.7 Å². The molecule has 0 bridgehead atoms. The van der Waals surface area contributed by atoms with Crippen molar-refractivity contribution in [2.75, 3.05) is 0 Å². The van der Waals surface area contributed by atoms with E-state index in [0.29, 0.717) is 17.7 Å². The molecule has 0 saturated carbocycles. The third-order valence-electron chi connectivity index (χ3n) is 6.40. The lowest BCUT2D eigenvalue weighted by molar-refractivity contribution is -0.142. The van der Waals surface area contributed by atoms with Crippen LogP contribution in [0.25, 0.3) is 0 Å². The number of nitrogens with one attached hydrogen (secondary N) is 4. The number of rotatable bonds is 16. The molecule has 1 aromatic carbocycles. The number of aromatic amines is 1. The zero-order chi connectivity index (χ0) is 29.8. The molecule has 0 aliphatic rings. The van der Waals surface area contributed by atoms with Crippen molar-refractivity contribution in [1.29, 1.82) is 0 Å². The number of imidazole rings is 1. The Balaban J connectivity index is 2.21. The number of hydrogen-bond donors (Lipinski definition) is 8. The largest absolute Gasteiger partial charge is 0.508 e. The summed E-state index contributed by atoms with van der Waals surface area (Å²) in [5.41, 5.74) is 6.84. The van der Waals surface area contributed by atoms with E-state index in [0.717, 1.165) is 0 Å². The van der Waals surface area contributed by atoms with E-state index in [-0.39, 0.29) is 37.4 Å². The highest BCUT2D eigenvalue weighted by atomic mass is 16.4. The third kappa shape index (κ3) is 10.0. The number of hydrogen-bond acceptors (Lipinski definition) is 8. The van der Waals surface area contributed by atoms with Crippen molar-refractivity contribution in [3.05, 3.63) is 48.0 Å². The molecule has 14 heteroatoms. The minimum absolute atomic E-state index is 0.00721. The molecule has 0 saturated heterocycles. The number of phenols is 1. The number of H-pyrrole nitrogens is 1. The van der Waals surface area contributed by atoms with Gasteiger partial charge in [0.2, 0.25) is 17.7 Å². The van der Waals surface area contributed by atoms with Gasteiger partial charge in [-0.1, -0.05) is 32.4 Å². The second-order valence-electron chi connectivity index (χ2n) is 9.52. The van der Waals surface area contributed by atoms with Crippen molar-refractivity contribution in [3.8, 4) is 5.75 Å². The summed E-state index contributed by atoms with van der Waals surface area (Å²) in [5.74, 6) is -4.97. The first-order valence-electron chi connectivity index (χ1n) is 12.8. The Labute approximate surface area is 230 Å². The van der Waals surface area contributed by atoms with Crippen LogP contribution >= 0.6 is 0 Å². The number of nitrogens with zero attached hydrogens (tertiary/aromatic N) is 1. The summed E-state index contributed by atoms with van der Waals surface area (Å²) < 4.78 is 0. The summed E-state index contributed by atoms with van der Waals surface area (Å²) in [7, 11) is 0. The van der Waals surface area contributed by atoms with Crippen molar-refractivity contribution < 1.29 is 39.3 Å². The van der Waals surface area contributed by atoms with E-state index >= 15 is 0 Å². The van der Waals surface area contributed by atoms with Crippen LogP contribution < -0.4 is 21.7 Å². The van der Waals surface area contributed by atoms with Gasteiger partial charge >= 0.3 is 11.9 Å². The summed E-state index contributed by atoms with van der Waals surface area (Å²) in [5, 5.41) is 35.6. The summed E-state index contributed by atoms with van der Waals surface area (Å²) in [6, 6.07) is 1.02. The fraction of sp³-hybridized carbons (Fsp3) is 0.462. The number of benzene rings is 1. The molecule has 0 radical (unpaired) electrons. The highest BCUT2D eigenvalue weighted by Crippen LogP contribution is 2.13. The molecule has 2 aromatic rings. The number of carbonyl (C=O) groups excluding carboxylic acids is 3. The van der Waals surface area contributed by atoms with E-state index in [4.69, 9.17) is 10.8 Å². The van der Waals surface area contributed by atoms with Crippen molar-refractivity contribution >= 4 is 29.7 Å². The topological polar surface area (TPSA) is 237 Å². The molecule has 9 N–H and O–H groups in total. The average Bonchev–Trinajstić information content (AvgIpc) is 3.43. The molecule has 0 fully saturated rings. The Bertz CT molecular complexity index is 1150. The van der Waals surface area contributed by atoms with E-state index in [9.17, 15) is 34.2 Å². The number of carboxylic acids is 2. The summed E-state index contributed by atoms with van der Waals surface area (Å²) in [6.07, 6.45) is 2.74. The summed E-state index contributed by atoms with van der Waals surface area (Å²) >= 11 is 0. The number of aliphatic carboxylic acids is 2. The number of amides is 3. The molecule has 14 nitrogen and oxygen atoms in total. The van der Waals surface area contributed by atoms with Crippen LogP contribution in [-0.2, 0) is 36.8 Å². The Morgan fingerprint density at radius 3 is 2.15 bits per heavy atom. The highest BCUT2D eigenvalue weighted by Gasteiger charge is 2.33. The molecule has 218 valence electrons. The van der Waals surface area contributed by atoms with Crippen molar-refractivity contribution in [1.82, 2.24) is 25.9 Å². The van der Waals surface area contributed by atoms with E-state index in [2.05, 4.69) is 25.9 Å². The molecular formula is C26H36N6O8. The van der Waals surface area contributed by atoms with Crippen LogP contribution in [0.2, 0.25) is 0 Å². The molecule has 0 aliphatic heterocycles.